The highest BCUT2D eigenvalue weighted by Gasteiger charge is 2.32. The van der Waals surface area contributed by atoms with Crippen LogP contribution < -0.4 is 19.5 Å². The van der Waals surface area contributed by atoms with Crippen LogP contribution in [0.5, 0.6) is 17.2 Å². The number of nitrogens with one attached hydrogen (secondary N) is 1. The fourth-order valence-electron chi connectivity index (χ4n) is 2.92. The van der Waals surface area contributed by atoms with Gasteiger partial charge in [-0.05, 0) is 31.7 Å². The molecule has 1 aromatic carbocycles. The summed E-state index contributed by atoms with van der Waals surface area (Å²) in [5, 5.41) is 3.67. The molecule has 0 radical (unpaired) electrons. The molecule has 4 heteroatoms. The predicted octanol–water partition coefficient (Wildman–Crippen LogP) is 3.55. The maximum Gasteiger partial charge on any atom is 0.131 e. The fraction of sp³-hybridized carbons (Fsp3) is 0.647. The summed E-state index contributed by atoms with van der Waals surface area (Å²) in [6.07, 6.45) is 4.96. The lowest BCUT2D eigenvalue weighted by Gasteiger charge is -2.36. The lowest BCUT2D eigenvalue weighted by Crippen LogP contribution is -2.33. The molecule has 0 spiro atoms. The van der Waals surface area contributed by atoms with Gasteiger partial charge < -0.3 is 19.5 Å². The molecule has 1 aliphatic rings. The second-order valence-electron chi connectivity index (χ2n) is 5.57. The molecule has 0 amide bonds. The summed E-state index contributed by atoms with van der Waals surface area (Å²) in [7, 11) is 5.07. The largest absolute Gasteiger partial charge is 0.496 e. The second-order valence-corrected chi connectivity index (χ2v) is 5.57. The number of rotatable bonds is 8. The molecule has 2 rings (SSSR count). The summed E-state index contributed by atoms with van der Waals surface area (Å²) in [5.41, 5.74) is 1.12. The number of benzene rings is 1. The number of hydrogen-bond donors (Lipinski definition) is 1. The molecule has 1 atom stereocenters. The summed E-state index contributed by atoms with van der Waals surface area (Å²) in [5.74, 6) is 3.10. The van der Waals surface area contributed by atoms with Crippen LogP contribution in [0, 0.1) is 5.92 Å². The van der Waals surface area contributed by atoms with Crippen LogP contribution in [-0.2, 0) is 0 Å². The van der Waals surface area contributed by atoms with E-state index in [0.717, 1.165) is 35.8 Å². The van der Waals surface area contributed by atoms with Gasteiger partial charge in [0.2, 0.25) is 0 Å². The third kappa shape index (κ3) is 3.43. The Hall–Kier alpha value is -1.42. The van der Waals surface area contributed by atoms with Gasteiger partial charge in [-0.15, -0.1) is 0 Å². The highest BCUT2D eigenvalue weighted by molar-refractivity contribution is 5.52. The van der Waals surface area contributed by atoms with Crippen molar-refractivity contribution >= 4 is 0 Å². The summed E-state index contributed by atoms with van der Waals surface area (Å²) < 4.78 is 16.6. The molecule has 0 aliphatic heterocycles. The average Bonchev–Trinajstić information content (AvgIpc) is 2.48. The van der Waals surface area contributed by atoms with Gasteiger partial charge in [0.25, 0.3) is 0 Å². The molecule has 118 valence electrons. The zero-order chi connectivity index (χ0) is 15.2. The second kappa shape index (κ2) is 7.55. The van der Waals surface area contributed by atoms with E-state index in [0.29, 0.717) is 5.92 Å². The van der Waals surface area contributed by atoms with Gasteiger partial charge in [0, 0.05) is 18.2 Å². The van der Waals surface area contributed by atoms with E-state index in [4.69, 9.17) is 14.2 Å². The minimum Gasteiger partial charge on any atom is -0.496 e. The van der Waals surface area contributed by atoms with Crippen LogP contribution in [0.15, 0.2) is 12.1 Å². The molecule has 1 fully saturated rings. The normalized spacial score (nSPS) is 16.2. The van der Waals surface area contributed by atoms with Gasteiger partial charge in [0.05, 0.1) is 26.9 Å². The van der Waals surface area contributed by atoms with Gasteiger partial charge in [0.15, 0.2) is 0 Å². The summed E-state index contributed by atoms with van der Waals surface area (Å²) >= 11 is 0. The van der Waals surface area contributed by atoms with E-state index in [9.17, 15) is 0 Å². The Kier molecular flexibility index (Phi) is 5.74. The molecule has 1 N–H and O–H groups in total. The monoisotopic (exact) mass is 293 g/mol. The minimum atomic E-state index is 0.287. The molecule has 4 nitrogen and oxygen atoms in total. The third-order valence-electron chi connectivity index (χ3n) is 4.30. The lowest BCUT2D eigenvalue weighted by atomic mass is 9.76. The SMILES string of the molecule is CCCNC(c1c(OC)cc(OC)cc1OC)C1CCC1. The van der Waals surface area contributed by atoms with E-state index in [1.807, 2.05) is 12.1 Å². The van der Waals surface area contributed by atoms with Crippen molar-refractivity contribution in [3.63, 3.8) is 0 Å². The standard InChI is InChI=1S/C17H27NO3/c1-5-9-18-17(12-7-6-8-12)16-14(20-3)10-13(19-2)11-15(16)21-4/h10-12,17-18H,5-9H2,1-4H3. The van der Waals surface area contributed by atoms with Gasteiger partial charge in [-0.2, -0.15) is 0 Å². The first kappa shape index (κ1) is 16.0. The molecule has 21 heavy (non-hydrogen) atoms. The van der Waals surface area contributed by atoms with Crippen LogP contribution in [0.25, 0.3) is 0 Å². The van der Waals surface area contributed by atoms with Gasteiger partial charge in [-0.3, -0.25) is 0 Å². The maximum absolute atomic E-state index is 5.61. The van der Waals surface area contributed by atoms with Crippen LogP contribution in [0.4, 0.5) is 0 Å². The van der Waals surface area contributed by atoms with Crippen LogP contribution in [0.3, 0.4) is 0 Å². The topological polar surface area (TPSA) is 39.7 Å². The van der Waals surface area contributed by atoms with Gasteiger partial charge >= 0.3 is 0 Å². The van der Waals surface area contributed by atoms with Crippen molar-refractivity contribution in [1.82, 2.24) is 5.32 Å². The van der Waals surface area contributed by atoms with Gasteiger partial charge in [-0.1, -0.05) is 13.3 Å². The van der Waals surface area contributed by atoms with E-state index >= 15 is 0 Å². The first-order valence-corrected chi connectivity index (χ1v) is 7.78. The molecule has 1 saturated carbocycles. The summed E-state index contributed by atoms with van der Waals surface area (Å²) in [6, 6.07) is 4.17. The Morgan fingerprint density at radius 3 is 2.10 bits per heavy atom. The third-order valence-corrected chi connectivity index (χ3v) is 4.30. The van der Waals surface area contributed by atoms with Crippen LogP contribution in [0.2, 0.25) is 0 Å². The van der Waals surface area contributed by atoms with Crippen LogP contribution in [0.1, 0.15) is 44.2 Å². The van der Waals surface area contributed by atoms with E-state index in [1.165, 1.54) is 19.3 Å². The highest BCUT2D eigenvalue weighted by atomic mass is 16.5. The van der Waals surface area contributed by atoms with Crippen LogP contribution >= 0.6 is 0 Å². The molecule has 1 unspecified atom stereocenters. The molecule has 0 aromatic heterocycles. The van der Waals surface area contributed by atoms with E-state index in [-0.39, 0.29) is 6.04 Å². The Bertz CT molecular complexity index is 432. The number of ether oxygens (including phenoxy) is 3. The van der Waals surface area contributed by atoms with Crippen molar-refractivity contribution in [1.29, 1.82) is 0 Å². The van der Waals surface area contributed by atoms with E-state index < -0.39 is 0 Å². The van der Waals surface area contributed by atoms with E-state index in [2.05, 4.69) is 12.2 Å². The molecule has 1 aliphatic carbocycles. The first-order valence-electron chi connectivity index (χ1n) is 7.78. The molecular formula is C17H27NO3. The van der Waals surface area contributed by atoms with Crippen molar-refractivity contribution < 1.29 is 14.2 Å². The molecule has 0 heterocycles. The predicted molar refractivity (Wildman–Crippen MR) is 84.5 cm³/mol. The smallest absolute Gasteiger partial charge is 0.131 e. The Morgan fingerprint density at radius 1 is 1.10 bits per heavy atom. The van der Waals surface area contributed by atoms with Gasteiger partial charge in [-0.25, -0.2) is 0 Å². The van der Waals surface area contributed by atoms with Crippen molar-refractivity contribution in [2.45, 2.75) is 38.6 Å². The molecule has 0 saturated heterocycles. The first-order chi connectivity index (χ1) is 10.2. The van der Waals surface area contributed by atoms with Crippen molar-refractivity contribution in [3.05, 3.63) is 17.7 Å². The number of hydrogen-bond acceptors (Lipinski definition) is 4. The van der Waals surface area contributed by atoms with Crippen molar-refractivity contribution in [3.8, 4) is 17.2 Å². The van der Waals surface area contributed by atoms with Gasteiger partial charge in [0.1, 0.15) is 17.2 Å². The Morgan fingerprint density at radius 2 is 1.71 bits per heavy atom. The Balaban J connectivity index is 2.40. The van der Waals surface area contributed by atoms with E-state index in [1.54, 1.807) is 21.3 Å². The quantitative estimate of drug-likeness (QED) is 0.795. The minimum absolute atomic E-state index is 0.287. The molecule has 0 bridgehead atoms. The maximum atomic E-state index is 5.61. The Labute approximate surface area is 127 Å². The summed E-state index contributed by atoms with van der Waals surface area (Å²) in [6.45, 7) is 3.19. The zero-order valence-electron chi connectivity index (χ0n) is 13.6. The zero-order valence-corrected chi connectivity index (χ0v) is 13.6. The molecular weight excluding hydrogens is 266 g/mol. The fourth-order valence-corrected chi connectivity index (χ4v) is 2.92. The van der Waals surface area contributed by atoms with Crippen molar-refractivity contribution in [2.75, 3.05) is 27.9 Å². The number of methoxy groups -OCH3 is 3. The highest BCUT2D eigenvalue weighted by Crippen LogP contribution is 2.46. The summed E-state index contributed by atoms with van der Waals surface area (Å²) in [4.78, 5) is 0. The lowest BCUT2D eigenvalue weighted by molar-refractivity contribution is 0.222. The van der Waals surface area contributed by atoms with Crippen LogP contribution in [-0.4, -0.2) is 27.9 Å². The average molecular weight is 293 g/mol. The van der Waals surface area contributed by atoms with Crippen molar-refractivity contribution in [2.24, 2.45) is 5.92 Å². The molecule has 1 aromatic rings.